The molecule has 2 nitrogen and oxygen atoms in total. The van der Waals surface area contributed by atoms with Crippen molar-refractivity contribution in [3.63, 3.8) is 0 Å². The van der Waals surface area contributed by atoms with Gasteiger partial charge in [-0.25, -0.2) is 0 Å². The van der Waals surface area contributed by atoms with Crippen molar-refractivity contribution in [2.24, 2.45) is 5.73 Å². The monoisotopic (exact) mass is 336 g/mol. The minimum atomic E-state index is -4.19. The normalized spacial score (nSPS) is 17.8. The van der Waals surface area contributed by atoms with Gasteiger partial charge in [0.2, 0.25) is 0 Å². The van der Waals surface area contributed by atoms with Gasteiger partial charge >= 0.3 is 6.18 Å². The van der Waals surface area contributed by atoms with E-state index in [1.165, 1.54) is 4.90 Å². The lowest BCUT2D eigenvalue weighted by Crippen LogP contribution is -2.41. The van der Waals surface area contributed by atoms with Crippen LogP contribution in [0.15, 0.2) is 28.7 Å². The van der Waals surface area contributed by atoms with Gasteiger partial charge in [0.15, 0.2) is 0 Å². The Kier molecular flexibility index (Phi) is 4.53. The zero-order valence-electron chi connectivity index (χ0n) is 10.3. The van der Waals surface area contributed by atoms with Gasteiger partial charge in [0, 0.05) is 23.1 Å². The first kappa shape index (κ1) is 14.8. The summed E-state index contributed by atoms with van der Waals surface area (Å²) in [6, 6.07) is 6.95. The smallest absolute Gasteiger partial charge is 0.329 e. The molecule has 0 aromatic heterocycles. The lowest BCUT2D eigenvalue weighted by Gasteiger charge is -2.32. The zero-order chi connectivity index (χ0) is 14.0. The van der Waals surface area contributed by atoms with Crippen molar-refractivity contribution in [1.29, 1.82) is 0 Å². The predicted molar refractivity (Wildman–Crippen MR) is 71.7 cm³/mol. The molecule has 6 heteroatoms. The Balaban J connectivity index is 2.19. The van der Waals surface area contributed by atoms with Gasteiger partial charge in [0.25, 0.3) is 0 Å². The Morgan fingerprint density at radius 1 is 1.26 bits per heavy atom. The Morgan fingerprint density at radius 2 is 1.84 bits per heavy atom. The van der Waals surface area contributed by atoms with Gasteiger partial charge in [0.05, 0.1) is 6.54 Å². The van der Waals surface area contributed by atoms with Crippen LogP contribution < -0.4 is 5.73 Å². The Morgan fingerprint density at radius 3 is 2.26 bits per heavy atom. The molecule has 106 valence electrons. The molecule has 1 fully saturated rings. The van der Waals surface area contributed by atoms with Crippen LogP contribution in [-0.2, 0) is 0 Å². The van der Waals surface area contributed by atoms with Gasteiger partial charge in [-0.2, -0.15) is 13.2 Å². The molecule has 0 amide bonds. The van der Waals surface area contributed by atoms with Gasteiger partial charge in [-0.1, -0.05) is 28.1 Å². The van der Waals surface area contributed by atoms with E-state index in [9.17, 15) is 13.2 Å². The second-order valence-electron chi connectivity index (χ2n) is 4.82. The Hall–Kier alpha value is -0.590. The van der Waals surface area contributed by atoms with Gasteiger partial charge in [0.1, 0.15) is 0 Å². The maximum absolute atomic E-state index is 12.7. The molecule has 1 aromatic carbocycles. The number of hydrogen-bond donors (Lipinski definition) is 1. The highest BCUT2D eigenvalue weighted by Crippen LogP contribution is 2.36. The molecule has 0 bridgehead atoms. The summed E-state index contributed by atoms with van der Waals surface area (Å²) in [6.45, 7) is -0.705. The quantitative estimate of drug-likeness (QED) is 0.891. The van der Waals surface area contributed by atoms with Crippen molar-refractivity contribution >= 4 is 15.9 Å². The predicted octanol–water partition coefficient (Wildman–Crippen LogP) is 3.48. The minimum absolute atomic E-state index is 0.0128. The summed E-state index contributed by atoms with van der Waals surface area (Å²) < 4.78 is 38.9. The van der Waals surface area contributed by atoms with E-state index in [0.29, 0.717) is 0 Å². The summed E-state index contributed by atoms with van der Waals surface area (Å²) in [5, 5.41) is 0. The number of nitrogens with two attached hydrogens (primary N) is 1. The van der Waals surface area contributed by atoms with Crippen LogP contribution in [0.5, 0.6) is 0 Å². The minimum Gasteiger partial charge on any atom is -0.329 e. The summed E-state index contributed by atoms with van der Waals surface area (Å²) in [5.41, 5.74) is 6.54. The number of benzene rings is 1. The zero-order valence-corrected chi connectivity index (χ0v) is 11.9. The van der Waals surface area contributed by atoms with Crippen molar-refractivity contribution in [2.75, 3.05) is 13.1 Å². The highest BCUT2D eigenvalue weighted by molar-refractivity contribution is 9.10. The number of nitrogens with zero attached hydrogens (tertiary/aromatic N) is 1. The second kappa shape index (κ2) is 5.81. The van der Waals surface area contributed by atoms with E-state index in [2.05, 4.69) is 15.9 Å². The molecule has 1 unspecified atom stereocenters. The topological polar surface area (TPSA) is 29.3 Å². The van der Waals surface area contributed by atoms with Crippen LogP contribution >= 0.6 is 15.9 Å². The fourth-order valence-corrected chi connectivity index (χ4v) is 2.52. The van der Waals surface area contributed by atoms with E-state index in [1.807, 2.05) is 24.3 Å². The molecule has 1 aliphatic rings. The highest BCUT2D eigenvalue weighted by Gasteiger charge is 2.41. The van der Waals surface area contributed by atoms with Gasteiger partial charge in [-0.05, 0) is 30.5 Å². The molecule has 2 N–H and O–H groups in total. The van der Waals surface area contributed by atoms with Crippen LogP contribution in [0.25, 0.3) is 0 Å². The largest absolute Gasteiger partial charge is 0.401 e. The fraction of sp³-hybridized carbons (Fsp3) is 0.538. The van der Waals surface area contributed by atoms with Gasteiger partial charge < -0.3 is 5.73 Å². The third kappa shape index (κ3) is 4.19. The highest BCUT2D eigenvalue weighted by atomic mass is 79.9. The summed E-state index contributed by atoms with van der Waals surface area (Å²) in [4.78, 5) is 1.49. The van der Waals surface area contributed by atoms with Crippen molar-refractivity contribution in [2.45, 2.75) is 31.1 Å². The van der Waals surface area contributed by atoms with E-state index >= 15 is 0 Å². The van der Waals surface area contributed by atoms with Crippen LogP contribution in [0.1, 0.15) is 24.4 Å². The molecule has 0 heterocycles. The summed E-state index contributed by atoms with van der Waals surface area (Å²) in [5.74, 6) is 0. The standard InChI is InChI=1S/C13H16BrF3N2/c14-10-3-1-9(2-4-10)12(7-18)19(11-5-6-11)8-13(15,16)17/h1-4,11-12H,5-8,18H2. The number of halogens is 4. The average Bonchev–Trinajstić information content (AvgIpc) is 3.13. The Labute approximate surface area is 118 Å². The summed E-state index contributed by atoms with van der Waals surface area (Å²) >= 11 is 3.32. The van der Waals surface area contributed by atoms with Crippen LogP contribution in [-0.4, -0.2) is 30.2 Å². The van der Waals surface area contributed by atoms with Crippen LogP contribution in [0.3, 0.4) is 0 Å². The van der Waals surface area contributed by atoms with Crippen molar-refractivity contribution in [3.8, 4) is 0 Å². The molecule has 0 radical (unpaired) electrons. The maximum Gasteiger partial charge on any atom is 0.401 e. The van der Waals surface area contributed by atoms with Gasteiger partial charge in [-0.3, -0.25) is 4.90 Å². The van der Waals surface area contributed by atoms with E-state index in [4.69, 9.17) is 5.73 Å². The van der Waals surface area contributed by atoms with E-state index < -0.39 is 12.7 Å². The van der Waals surface area contributed by atoms with E-state index in [0.717, 1.165) is 22.9 Å². The molecule has 1 aromatic rings. The first-order valence-electron chi connectivity index (χ1n) is 6.19. The maximum atomic E-state index is 12.7. The first-order chi connectivity index (χ1) is 8.90. The van der Waals surface area contributed by atoms with Crippen LogP contribution in [0.4, 0.5) is 13.2 Å². The molecule has 1 atom stereocenters. The number of alkyl halides is 3. The molecule has 1 saturated carbocycles. The number of rotatable bonds is 5. The van der Waals surface area contributed by atoms with Crippen molar-refractivity contribution in [3.05, 3.63) is 34.3 Å². The van der Waals surface area contributed by atoms with Crippen LogP contribution in [0.2, 0.25) is 0 Å². The third-order valence-corrected chi connectivity index (χ3v) is 3.78. The second-order valence-corrected chi connectivity index (χ2v) is 5.74. The fourth-order valence-electron chi connectivity index (χ4n) is 2.25. The summed E-state index contributed by atoms with van der Waals surface area (Å²) in [6.07, 6.45) is -2.54. The molecule has 19 heavy (non-hydrogen) atoms. The molecular weight excluding hydrogens is 321 g/mol. The van der Waals surface area contributed by atoms with Gasteiger partial charge in [-0.15, -0.1) is 0 Å². The average molecular weight is 337 g/mol. The lowest BCUT2D eigenvalue weighted by atomic mass is 10.1. The molecule has 1 aliphatic carbocycles. The molecule has 0 saturated heterocycles. The summed E-state index contributed by atoms with van der Waals surface area (Å²) in [7, 11) is 0. The van der Waals surface area contributed by atoms with E-state index in [-0.39, 0.29) is 18.6 Å². The molecule has 2 rings (SSSR count). The molecular formula is C13H16BrF3N2. The van der Waals surface area contributed by atoms with E-state index in [1.54, 1.807) is 0 Å². The molecule has 0 aliphatic heterocycles. The lowest BCUT2D eigenvalue weighted by molar-refractivity contribution is -0.152. The van der Waals surface area contributed by atoms with Crippen molar-refractivity contribution in [1.82, 2.24) is 4.90 Å². The van der Waals surface area contributed by atoms with Crippen LogP contribution in [0, 0.1) is 0 Å². The third-order valence-electron chi connectivity index (χ3n) is 3.26. The molecule has 0 spiro atoms. The van der Waals surface area contributed by atoms with Crippen molar-refractivity contribution < 1.29 is 13.2 Å². The SMILES string of the molecule is NCC(c1ccc(Br)cc1)N(CC(F)(F)F)C1CC1. The Bertz CT molecular complexity index is 415. The first-order valence-corrected chi connectivity index (χ1v) is 6.98. The number of hydrogen-bond acceptors (Lipinski definition) is 2.